The van der Waals surface area contributed by atoms with Crippen LogP contribution in [0.2, 0.25) is 0 Å². The van der Waals surface area contributed by atoms with Crippen LogP contribution in [0.25, 0.3) is 0 Å². The van der Waals surface area contributed by atoms with E-state index < -0.39 is 10.0 Å². The zero-order valence-electron chi connectivity index (χ0n) is 15.1. The van der Waals surface area contributed by atoms with Gasteiger partial charge in [0.1, 0.15) is 4.21 Å². The van der Waals surface area contributed by atoms with E-state index in [0.29, 0.717) is 17.3 Å². The lowest BCUT2D eigenvalue weighted by Crippen LogP contribution is -2.38. The number of hydrogen-bond acceptors (Lipinski definition) is 4. The molecule has 0 amide bonds. The van der Waals surface area contributed by atoms with Crippen molar-refractivity contribution in [1.82, 2.24) is 14.9 Å². The molecule has 0 fully saturated rings. The molecule has 0 aliphatic heterocycles. The summed E-state index contributed by atoms with van der Waals surface area (Å²) in [5.74, 6) is 0.788. The van der Waals surface area contributed by atoms with Gasteiger partial charge in [-0.15, -0.1) is 11.3 Å². The average molecular weight is 375 g/mol. The predicted molar refractivity (Wildman–Crippen MR) is 102 cm³/mol. The summed E-state index contributed by atoms with van der Waals surface area (Å²) < 4.78 is 26.9. The Morgan fingerprint density at radius 1 is 1.17 bits per heavy atom. The number of nitrogens with one attached hydrogen (secondary N) is 2. The third-order valence-corrected chi connectivity index (χ3v) is 7.31. The van der Waals surface area contributed by atoms with Crippen molar-refractivity contribution in [3.8, 4) is 0 Å². The van der Waals surface area contributed by atoms with E-state index in [4.69, 9.17) is 0 Å². The molecule has 0 bridgehead atoms. The minimum atomic E-state index is -3.35. The van der Waals surface area contributed by atoms with Crippen LogP contribution in [0.1, 0.15) is 38.5 Å². The Morgan fingerprint density at radius 2 is 1.83 bits per heavy atom. The highest BCUT2D eigenvalue weighted by Gasteiger charge is 2.23. The van der Waals surface area contributed by atoms with Gasteiger partial charge in [0.25, 0.3) is 10.0 Å². The zero-order valence-corrected chi connectivity index (χ0v) is 16.8. The van der Waals surface area contributed by atoms with Crippen molar-refractivity contribution in [3.63, 3.8) is 0 Å². The SMILES string of the molecule is CCCCNC(=NC)NCCc1ccc(S(=O)(=O)N(CC)CC)s1. The molecule has 0 aliphatic carbocycles. The van der Waals surface area contributed by atoms with Crippen LogP contribution in [0.4, 0.5) is 0 Å². The minimum absolute atomic E-state index is 0.423. The van der Waals surface area contributed by atoms with Crippen LogP contribution in [0.3, 0.4) is 0 Å². The van der Waals surface area contributed by atoms with Gasteiger partial charge in [0.05, 0.1) is 0 Å². The zero-order chi connectivity index (χ0) is 18.0. The second kappa shape index (κ2) is 10.7. The maximum Gasteiger partial charge on any atom is 0.252 e. The Balaban J connectivity index is 2.55. The fourth-order valence-electron chi connectivity index (χ4n) is 2.23. The molecule has 0 saturated carbocycles. The Bertz CT molecular complexity index is 607. The van der Waals surface area contributed by atoms with Gasteiger partial charge in [-0.1, -0.05) is 27.2 Å². The number of nitrogens with zero attached hydrogens (tertiary/aromatic N) is 2. The molecule has 6 nitrogen and oxygen atoms in total. The number of aliphatic imine (C=N–C) groups is 1. The van der Waals surface area contributed by atoms with Crippen LogP contribution >= 0.6 is 11.3 Å². The molecule has 8 heteroatoms. The number of sulfonamides is 1. The maximum absolute atomic E-state index is 12.5. The van der Waals surface area contributed by atoms with E-state index in [1.807, 2.05) is 19.9 Å². The highest BCUT2D eigenvalue weighted by Crippen LogP contribution is 2.25. The van der Waals surface area contributed by atoms with E-state index in [1.165, 1.54) is 15.6 Å². The van der Waals surface area contributed by atoms with Gasteiger partial charge in [0.2, 0.25) is 0 Å². The van der Waals surface area contributed by atoms with Crippen molar-refractivity contribution in [3.05, 3.63) is 17.0 Å². The van der Waals surface area contributed by atoms with Gasteiger partial charge in [-0.3, -0.25) is 4.99 Å². The highest BCUT2D eigenvalue weighted by atomic mass is 32.2. The molecule has 0 atom stereocenters. The first-order chi connectivity index (χ1) is 11.5. The van der Waals surface area contributed by atoms with E-state index in [2.05, 4.69) is 22.5 Å². The fraction of sp³-hybridized carbons (Fsp3) is 0.688. The first-order valence-electron chi connectivity index (χ1n) is 8.52. The standard InChI is InChI=1S/C16H30N4O2S2/c1-5-8-12-18-16(17-4)19-13-11-14-9-10-15(23-14)24(21,22)20(6-2)7-3/h9-10H,5-8,11-13H2,1-4H3,(H2,17,18,19). The first-order valence-corrected chi connectivity index (χ1v) is 10.8. The summed E-state index contributed by atoms with van der Waals surface area (Å²) in [7, 11) is -1.59. The summed E-state index contributed by atoms with van der Waals surface area (Å²) in [6, 6.07) is 3.61. The summed E-state index contributed by atoms with van der Waals surface area (Å²) in [5, 5.41) is 6.51. The van der Waals surface area contributed by atoms with Crippen LogP contribution in [0.15, 0.2) is 21.3 Å². The van der Waals surface area contributed by atoms with Gasteiger partial charge in [-0.25, -0.2) is 8.42 Å². The van der Waals surface area contributed by atoms with Crippen molar-refractivity contribution >= 4 is 27.3 Å². The number of hydrogen-bond donors (Lipinski definition) is 2. The molecule has 24 heavy (non-hydrogen) atoms. The monoisotopic (exact) mass is 374 g/mol. The maximum atomic E-state index is 12.5. The van der Waals surface area contributed by atoms with Gasteiger partial charge in [-0.05, 0) is 25.0 Å². The number of unbranched alkanes of at least 4 members (excludes halogenated alkanes) is 1. The Hall–Kier alpha value is -1.12. The van der Waals surface area contributed by atoms with Gasteiger partial charge in [0, 0.05) is 38.1 Å². The van der Waals surface area contributed by atoms with Crippen molar-refractivity contribution in [2.45, 2.75) is 44.2 Å². The van der Waals surface area contributed by atoms with Crippen LogP contribution in [0, 0.1) is 0 Å². The van der Waals surface area contributed by atoms with Crippen molar-refractivity contribution in [2.75, 3.05) is 33.2 Å². The van der Waals surface area contributed by atoms with Crippen LogP contribution in [-0.4, -0.2) is 51.9 Å². The lowest BCUT2D eigenvalue weighted by atomic mass is 10.3. The molecule has 0 aliphatic rings. The smallest absolute Gasteiger partial charge is 0.252 e. The summed E-state index contributed by atoms with van der Waals surface area (Å²) >= 11 is 1.35. The molecular formula is C16H30N4O2S2. The van der Waals surface area contributed by atoms with Crippen LogP contribution < -0.4 is 10.6 Å². The molecule has 138 valence electrons. The van der Waals surface area contributed by atoms with Crippen LogP contribution in [0.5, 0.6) is 0 Å². The van der Waals surface area contributed by atoms with Gasteiger partial charge in [-0.2, -0.15) is 4.31 Å². The third kappa shape index (κ3) is 6.07. The number of rotatable bonds is 10. The predicted octanol–water partition coefficient (Wildman–Crippen LogP) is 2.29. The minimum Gasteiger partial charge on any atom is -0.356 e. The molecule has 1 rings (SSSR count). The normalized spacial score (nSPS) is 12.6. The lowest BCUT2D eigenvalue weighted by molar-refractivity contribution is 0.447. The average Bonchev–Trinajstić information content (AvgIpc) is 3.04. The van der Waals surface area contributed by atoms with Crippen molar-refractivity contribution in [1.29, 1.82) is 0 Å². The summed E-state index contributed by atoms with van der Waals surface area (Å²) in [6.45, 7) is 8.48. The quantitative estimate of drug-likeness (QED) is 0.374. The van der Waals surface area contributed by atoms with Crippen LogP contribution in [-0.2, 0) is 16.4 Å². The highest BCUT2D eigenvalue weighted by molar-refractivity contribution is 7.91. The Labute approximate surface area is 150 Å². The van der Waals surface area contributed by atoms with Gasteiger partial charge < -0.3 is 10.6 Å². The largest absolute Gasteiger partial charge is 0.356 e. The Morgan fingerprint density at radius 3 is 2.42 bits per heavy atom. The second-order valence-corrected chi connectivity index (χ2v) is 8.67. The number of guanidine groups is 1. The van der Waals surface area contributed by atoms with Gasteiger partial charge in [0.15, 0.2) is 5.96 Å². The van der Waals surface area contributed by atoms with Gasteiger partial charge >= 0.3 is 0 Å². The third-order valence-electron chi connectivity index (χ3n) is 3.65. The van der Waals surface area contributed by atoms with E-state index >= 15 is 0 Å². The molecule has 1 heterocycles. The fourth-order valence-corrected chi connectivity index (χ4v) is 5.20. The topological polar surface area (TPSA) is 73.8 Å². The molecule has 0 saturated heterocycles. The van der Waals surface area contributed by atoms with E-state index in [-0.39, 0.29) is 0 Å². The molecule has 2 N–H and O–H groups in total. The van der Waals surface area contributed by atoms with Crippen molar-refractivity contribution in [2.24, 2.45) is 4.99 Å². The second-order valence-electron chi connectivity index (χ2n) is 5.34. The Kier molecular flexibility index (Phi) is 9.31. The molecule has 0 unspecified atom stereocenters. The first kappa shape index (κ1) is 20.9. The number of thiophene rings is 1. The lowest BCUT2D eigenvalue weighted by Gasteiger charge is -2.16. The summed E-state index contributed by atoms with van der Waals surface area (Å²) in [4.78, 5) is 5.23. The molecule has 1 aromatic rings. The van der Waals surface area contributed by atoms with Crippen molar-refractivity contribution < 1.29 is 8.42 Å². The molecule has 1 aromatic heterocycles. The summed E-state index contributed by atoms with van der Waals surface area (Å²) in [6.07, 6.45) is 3.02. The molecule has 0 aromatic carbocycles. The van der Waals surface area contributed by atoms with E-state index in [1.54, 1.807) is 13.1 Å². The summed E-state index contributed by atoms with van der Waals surface area (Å²) in [5.41, 5.74) is 0. The van der Waals surface area contributed by atoms with E-state index in [9.17, 15) is 8.42 Å². The van der Waals surface area contributed by atoms with E-state index in [0.717, 1.165) is 43.2 Å². The molecule has 0 spiro atoms. The molecular weight excluding hydrogens is 344 g/mol. The molecule has 0 radical (unpaired) electrons.